The van der Waals surface area contributed by atoms with Crippen LogP contribution in [0, 0.1) is 11.6 Å². The van der Waals surface area contributed by atoms with Crippen LogP contribution in [-0.2, 0) is 6.42 Å². The Kier molecular flexibility index (Phi) is 8.08. The second-order valence-corrected chi connectivity index (χ2v) is 11.5. The number of carbonyl (C=O) groups excluding carboxylic acids is 1. The first-order chi connectivity index (χ1) is 17.9. The first-order valence-electron chi connectivity index (χ1n) is 13.2. The maximum atomic E-state index is 14.1. The number of hydrogen-bond donors (Lipinski definition) is 0. The molecule has 2 heterocycles. The molecule has 0 N–H and O–H groups in total. The topological polar surface area (TPSA) is 23.6 Å². The summed E-state index contributed by atoms with van der Waals surface area (Å²) in [7, 11) is 0. The molecule has 6 heteroatoms. The van der Waals surface area contributed by atoms with Crippen molar-refractivity contribution in [1.29, 1.82) is 0 Å². The predicted molar refractivity (Wildman–Crippen MR) is 145 cm³/mol. The van der Waals surface area contributed by atoms with E-state index < -0.39 is 0 Å². The standard InChI is InChI=1S/C31H34F2N2OS/c1-21(2)23-8-12-30-27(18-23)28(19-24-7-11-26(33)20-31(24)37-30)35-16-14-34(15-17-35)13-3-4-29(36)22-5-9-25(32)10-6-22/h5-12,18,20-21,28H,3-4,13-17,19H2,1-2H3/t28-/m1/s1. The van der Waals surface area contributed by atoms with Gasteiger partial charge in [0.05, 0.1) is 0 Å². The number of carbonyl (C=O) groups is 1. The summed E-state index contributed by atoms with van der Waals surface area (Å²) in [5.74, 6) is 0.0210. The van der Waals surface area contributed by atoms with Gasteiger partial charge in [0.25, 0.3) is 0 Å². The van der Waals surface area contributed by atoms with Crippen LogP contribution in [0.25, 0.3) is 0 Å². The van der Waals surface area contributed by atoms with E-state index in [1.807, 2.05) is 6.07 Å². The van der Waals surface area contributed by atoms with E-state index in [4.69, 9.17) is 0 Å². The van der Waals surface area contributed by atoms with Crippen LogP contribution in [0.3, 0.4) is 0 Å². The van der Waals surface area contributed by atoms with Crippen molar-refractivity contribution in [3.63, 3.8) is 0 Å². The number of fused-ring (bicyclic) bond motifs is 2. The molecule has 1 atom stereocenters. The number of halogens is 2. The summed E-state index contributed by atoms with van der Waals surface area (Å²) in [6, 6.07) is 18.1. The van der Waals surface area contributed by atoms with Crippen molar-refractivity contribution < 1.29 is 13.6 Å². The lowest BCUT2D eigenvalue weighted by molar-refractivity contribution is 0.0888. The van der Waals surface area contributed by atoms with Crippen LogP contribution in [0.1, 0.15) is 65.7 Å². The number of benzene rings is 3. The van der Waals surface area contributed by atoms with Crippen molar-refractivity contribution in [2.24, 2.45) is 0 Å². The normalized spacial score (nSPS) is 18.4. The lowest BCUT2D eigenvalue weighted by atomic mass is 9.93. The molecule has 0 radical (unpaired) electrons. The van der Waals surface area contributed by atoms with E-state index >= 15 is 0 Å². The highest BCUT2D eigenvalue weighted by Gasteiger charge is 2.30. The predicted octanol–water partition coefficient (Wildman–Crippen LogP) is 7.12. The van der Waals surface area contributed by atoms with Gasteiger partial charge in [0.2, 0.25) is 0 Å². The van der Waals surface area contributed by atoms with Gasteiger partial charge in [-0.25, -0.2) is 8.78 Å². The molecule has 3 aromatic carbocycles. The second kappa shape index (κ2) is 11.5. The maximum Gasteiger partial charge on any atom is 0.162 e. The summed E-state index contributed by atoms with van der Waals surface area (Å²) >= 11 is 1.69. The minimum absolute atomic E-state index is 0.0715. The Labute approximate surface area is 222 Å². The number of Topliss-reactive ketones (excluding diaryl/α,β-unsaturated/α-hetero) is 1. The molecule has 1 fully saturated rings. The quantitative estimate of drug-likeness (QED) is 0.310. The van der Waals surface area contributed by atoms with Gasteiger partial charge in [-0.2, -0.15) is 0 Å². The zero-order valence-corrected chi connectivity index (χ0v) is 22.4. The third kappa shape index (κ3) is 6.14. The lowest BCUT2D eigenvalue weighted by Crippen LogP contribution is -2.48. The van der Waals surface area contributed by atoms with E-state index in [9.17, 15) is 13.6 Å². The molecule has 194 valence electrons. The molecule has 0 spiro atoms. The smallest absolute Gasteiger partial charge is 0.162 e. The van der Waals surface area contributed by atoms with Crippen LogP contribution in [-0.4, -0.2) is 48.3 Å². The third-order valence-electron chi connectivity index (χ3n) is 7.61. The minimum atomic E-state index is -0.319. The van der Waals surface area contributed by atoms with Gasteiger partial charge in [0.15, 0.2) is 5.78 Å². The number of nitrogens with zero attached hydrogens (tertiary/aromatic N) is 2. The molecule has 5 rings (SSSR count). The van der Waals surface area contributed by atoms with Crippen molar-refractivity contribution in [2.75, 3.05) is 32.7 Å². The molecule has 0 bridgehead atoms. The van der Waals surface area contributed by atoms with E-state index in [1.165, 1.54) is 33.7 Å². The van der Waals surface area contributed by atoms with Gasteiger partial charge in [0.1, 0.15) is 11.6 Å². The van der Waals surface area contributed by atoms with Crippen molar-refractivity contribution in [3.05, 3.63) is 94.6 Å². The average Bonchev–Trinajstić information content (AvgIpc) is 3.05. The fourth-order valence-electron chi connectivity index (χ4n) is 5.38. The van der Waals surface area contributed by atoms with Gasteiger partial charge in [-0.3, -0.25) is 9.69 Å². The van der Waals surface area contributed by atoms with Gasteiger partial charge in [0, 0.05) is 54.0 Å². The van der Waals surface area contributed by atoms with Gasteiger partial charge in [-0.1, -0.05) is 43.8 Å². The van der Waals surface area contributed by atoms with Crippen LogP contribution in [0.5, 0.6) is 0 Å². The zero-order valence-electron chi connectivity index (χ0n) is 21.6. The molecule has 2 aliphatic rings. The molecule has 1 saturated heterocycles. The zero-order chi connectivity index (χ0) is 25.9. The van der Waals surface area contributed by atoms with Crippen molar-refractivity contribution in [2.45, 2.75) is 54.9 Å². The van der Waals surface area contributed by atoms with E-state index in [0.717, 1.165) is 50.5 Å². The first kappa shape index (κ1) is 26.1. The van der Waals surface area contributed by atoms with E-state index in [2.05, 4.69) is 41.8 Å². The Morgan fingerprint density at radius 3 is 2.38 bits per heavy atom. The SMILES string of the molecule is CC(C)c1ccc2c(c1)[C@H](N1CCN(CCCC(=O)c3ccc(F)cc3)CC1)Cc1ccc(F)cc1S2. The average molecular weight is 521 g/mol. The first-order valence-corrected chi connectivity index (χ1v) is 14.0. The fourth-order valence-corrected chi connectivity index (χ4v) is 6.52. The molecule has 2 aliphatic heterocycles. The summed E-state index contributed by atoms with van der Waals surface area (Å²) in [4.78, 5) is 19.7. The molecule has 3 nitrogen and oxygen atoms in total. The van der Waals surface area contributed by atoms with Gasteiger partial charge in [-0.05, 0) is 84.5 Å². The Balaban J connectivity index is 1.24. The number of hydrogen-bond acceptors (Lipinski definition) is 4. The van der Waals surface area contributed by atoms with Crippen molar-refractivity contribution in [1.82, 2.24) is 9.80 Å². The molecule has 0 unspecified atom stereocenters. The maximum absolute atomic E-state index is 14.1. The van der Waals surface area contributed by atoms with Crippen LogP contribution in [0.4, 0.5) is 8.78 Å². The Bertz CT molecular complexity index is 1250. The minimum Gasteiger partial charge on any atom is -0.301 e. The fraction of sp³-hybridized carbons (Fsp3) is 0.387. The number of ketones is 1. The van der Waals surface area contributed by atoms with Crippen molar-refractivity contribution in [3.8, 4) is 0 Å². The van der Waals surface area contributed by atoms with E-state index in [-0.39, 0.29) is 23.5 Å². The number of piperazine rings is 1. The van der Waals surface area contributed by atoms with Crippen LogP contribution >= 0.6 is 11.8 Å². The van der Waals surface area contributed by atoms with Crippen LogP contribution < -0.4 is 0 Å². The molecule has 3 aromatic rings. The molecule has 0 amide bonds. The van der Waals surface area contributed by atoms with E-state index in [0.29, 0.717) is 17.9 Å². The summed E-state index contributed by atoms with van der Waals surface area (Å²) in [6.07, 6.45) is 2.16. The third-order valence-corrected chi connectivity index (χ3v) is 8.81. The van der Waals surface area contributed by atoms with E-state index in [1.54, 1.807) is 36.0 Å². The summed E-state index contributed by atoms with van der Waals surface area (Å²) in [5.41, 5.74) is 4.48. The Morgan fingerprint density at radius 2 is 1.65 bits per heavy atom. The van der Waals surface area contributed by atoms with Gasteiger partial charge < -0.3 is 4.90 Å². The van der Waals surface area contributed by atoms with Crippen LogP contribution in [0.2, 0.25) is 0 Å². The van der Waals surface area contributed by atoms with Gasteiger partial charge >= 0.3 is 0 Å². The summed E-state index contributed by atoms with van der Waals surface area (Å²) in [6.45, 7) is 9.19. The molecule has 0 aliphatic carbocycles. The summed E-state index contributed by atoms with van der Waals surface area (Å²) < 4.78 is 27.2. The largest absolute Gasteiger partial charge is 0.301 e. The Morgan fingerprint density at radius 1 is 0.919 bits per heavy atom. The van der Waals surface area contributed by atoms with Crippen LogP contribution in [0.15, 0.2) is 70.5 Å². The lowest BCUT2D eigenvalue weighted by Gasteiger charge is -2.40. The Hall–Kier alpha value is -2.54. The molecular weight excluding hydrogens is 486 g/mol. The second-order valence-electron chi connectivity index (χ2n) is 10.4. The highest BCUT2D eigenvalue weighted by molar-refractivity contribution is 7.99. The molecule has 0 aromatic heterocycles. The molecule has 0 saturated carbocycles. The molecular formula is C31H34F2N2OS. The summed E-state index contributed by atoms with van der Waals surface area (Å²) in [5, 5.41) is 0. The monoisotopic (exact) mass is 520 g/mol. The highest BCUT2D eigenvalue weighted by atomic mass is 32.2. The van der Waals surface area contributed by atoms with Gasteiger partial charge in [-0.15, -0.1) is 0 Å². The highest BCUT2D eigenvalue weighted by Crippen LogP contribution is 2.44. The number of rotatable bonds is 7. The van der Waals surface area contributed by atoms with Crippen molar-refractivity contribution >= 4 is 17.5 Å². The molecule has 37 heavy (non-hydrogen) atoms.